The molecule has 32 heavy (non-hydrogen) atoms. The fourth-order valence-corrected chi connectivity index (χ4v) is 3.49. The normalized spacial score (nSPS) is 15.5. The van der Waals surface area contributed by atoms with Crippen molar-refractivity contribution in [3.8, 4) is 11.3 Å². The summed E-state index contributed by atoms with van der Waals surface area (Å²) in [5.74, 6) is 1.50. The maximum absolute atomic E-state index is 12.4. The number of carbonyl (C=O) groups excluding carboxylic acids is 1. The molecule has 9 heteroatoms. The number of aromatic nitrogens is 3. The number of pyridine rings is 1. The second kappa shape index (κ2) is 8.80. The highest BCUT2D eigenvalue weighted by atomic mass is 16.7. The summed E-state index contributed by atoms with van der Waals surface area (Å²) < 4.78 is 0. The van der Waals surface area contributed by atoms with Gasteiger partial charge in [0.2, 0.25) is 0 Å². The largest absolute Gasteiger partial charge is 0.367 e. The van der Waals surface area contributed by atoms with Crippen LogP contribution < -0.4 is 16.0 Å². The zero-order valence-electron chi connectivity index (χ0n) is 17.8. The Morgan fingerprint density at radius 1 is 1.16 bits per heavy atom. The third-order valence-corrected chi connectivity index (χ3v) is 5.40. The number of anilines is 4. The number of hydrogen-bond acceptors (Lipinski definition) is 7. The highest BCUT2D eigenvalue weighted by Crippen LogP contribution is 2.31. The minimum Gasteiger partial charge on any atom is -0.367 e. The number of hydroxylamine groups is 2. The average Bonchev–Trinajstić information content (AvgIpc) is 3.44. The Morgan fingerprint density at radius 2 is 2.06 bits per heavy atom. The van der Waals surface area contributed by atoms with Crippen LogP contribution >= 0.6 is 0 Å². The van der Waals surface area contributed by atoms with Gasteiger partial charge in [0.05, 0.1) is 18.8 Å². The molecule has 0 spiro atoms. The van der Waals surface area contributed by atoms with Crippen molar-refractivity contribution in [3.63, 3.8) is 0 Å². The van der Waals surface area contributed by atoms with Crippen LogP contribution in [0.2, 0.25) is 0 Å². The van der Waals surface area contributed by atoms with E-state index in [9.17, 15) is 4.79 Å². The molecule has 9 nitrogen and oxygen atoms in total. The first kappa shape index (κ1) is 20.2. The molecule has 164 valence electrons. The SMILES string of the molecule is Cc1ccc(NC(=O)N2CCCO2)cc1Nc1ncccc1-c1cc(NC2CC2)ncn1. The Labute approximate surface area is 186 Å². The van der Waals surface area contributed by atoms with Crippen molar-refractivity contribution in [1.29, 1.82) is 0 Å². The predicted octanol–water partition coefficient (Wildman–Crippen LogP) is 4.33. The molecule has 2 aromatic heterocycles. The van der Waals surface area contributed by atoms with Gasteiger partial charge in [0, 0.05) is 35.2 Å². The van der Waals surface area contributed by atoms with Crippen LogP contribution in [0.5, 0.6) is 0 Å². The van der Waals surface area contributed by atoms with Crippen LogP contribution in [0.25, 0.3) is 11.3 Å². The van der Waals surface area contributed by atoms with Crippen molar-refractivity contribution in [1.82, 2.24) is 20.0 Å². The number of hydrogen-bond donors (Lipinski definition) is 3. The molecule has 3 heterocycles. The number of urea groups is 1. The van der Waals surface area contributed by atoms with Crippen LogP contribution in [-0.2, 0) is 4.84 Å². The molecule has 2 amide bonds. The summed E-state index contributed by atoms with van der Waals surface area (Å²) in [6.07, 6.45) is 6.50. The van der Waals surface area contributed by atoms with Crippen LogP contribution in [0.1, 0.15) is 24.8 Å². The fraction of sp³-hybridized carbons (Fsp3) is 0.304. The molecule has 0 bridgehead atoms. The lowest BCUT2D eigenvalue weighted by molar-refractivity contribution is -0.0614. The summed E-state index contributed by atoms with van der Waals surface area (Å²) in [4.78, 5) is 31.0. The molecule has 1 saturated carbocycles. The fourth-order valence-electron chi connectivity index (χ4n) is 3.49. The van der Waals surface area contributed by atoms with E-state index in [1.54, 1.807) is 12.5 Å². The van der Waals surface area contributed by atoms with Gasteiger partial charge in [-0.05, 0) is 56.0 Å². The molecule has 0 unspecified atom stereocenters. The highest BCUT2D eigenvalue weighted by molar-refractivity contribution is 5.90. The van der Waals surface area contributed by atoms with E-state index in [1.165, 1.54) is 17.9 Å². The molecule has 3 N–H and O–H groups in total. The van der Waals surface area contributed by atoms with E-state index in [0.29, 0.717) is 30.7 Å². The number of rotatable bonds is 6. The molecular formula is C23H25N7O2. The maximum atomic E-state index is 12.4. The third-order valence-electron chi connectivity index (χ3n) is 5.40. The second-order valence-electron chi connectivity index (χ2n) is 7.98. The van der Waals surface area contributed by atoms with Crippen LogP contribution in [0.4, 0.5) is 27.8 Å². The summed E-state index contributed by atoms with van der Waals surface area (Å²) in [5, 5.41) is 11.1. The van der Waals surface area contributed by atoms with Gasteiger partial charge in [-0.25, -0.2) is 24.8 Å². The molecular weight excluding hydrogens is 406 g/mol. The summed E-state index contributed by atoms with van der Waals surface area (Å²) >= 11 is 0. The van der Waals surface area contributed by atoms with Crippen molar-refractivity contribution < 1.29 is 9.63 Å². The van der Waals surface area contributed by atoms with Crippen LogP contribution in [0, 0.1) is 6.92 Å². The molecule has 1 aliphatic carbocycles. The highest BCUT2D eigenvalue weighted by Gasteiger charge is 2.22. The van der Waals surface area contributed by atoms with E-state index in [-0.39, 0.29) is 6.03 Å². The molecule has 1 saturated heterocycles. The van der Waals surface area contributed by atoms with Crippen LogP contribution in [0.3, 0.4) is 0 Å². The summed E-state index contributed by atoms with van der Waals surface area (Å²) in [7, 11) is 0. The van der Waals surface area contributed by atoms with Crippen LogP contribution in [0.15, 0.2) is 48.9 Å². The number of nitrogens with one attached hydrogen (secondary N) is 3. The topological polar surface area (TPSA) is 104 Å². The van der Waals surface area contributed by atoms with Crippen molar-refractivity contribution >= 4 is 29.0 Å². The zero-order chi connectivity index (χ0) is 21.9. The number of aryl methyl sites for hydroxylation is 1. The third kappa shape index (κ3) is 4.62. The number of carbonyl (C=O) groups is 1. The number of benzene rings is 1. The van der Waals surface area contributed by atoms with Gasteiger partial charge in [0.25, 0.3) is 0 Å². The minimum absolute atomic E-state index is 0.271. The van der Waals surface area contributed by atoms with Crippen molar-refractivity contribution in [3.05, 3.63) is 54.5 Å². The Hall–Kier alpha value is -3.72. The van der Waals surface area contributed by atoms with Gasteiger partial charge in [-0.15, -0.1) is 0 Å². The van der Waals surface area contributed by atoms with Gasteiger partial charge in [0.1, 0.15) is 18.0 Å². The van der Waals surface area contributed by atoms with Gasteiger partial charge in [-0.2, -0.15) is 0 Å². The molecule has 0 radical (unpaired) electrons. The van der Waals surface area contributed by atoms with E-state index in [0.717, 1.165) is 34.7 Å². The van der Waals surface area contributed by atoms with E-state index >= 15 is 0 Å². The Morgan fingerprint density at radius 3 is 2.88 bits per heavy atom. The number of amides is 2. The molecule has 1 aromatic carbocycles. The minimum atomic E-state index is -0.271. The number of nitrogens with zero attached hydrogens (tertiary/aromatic N) is 4. The molecule has 5 rings (SSSR count). The lowest BCUT2D eigenvalue weighted by Gasteiger charge is -2.17. The Balaban J connectivity index is 1.38. The summed E-state index contributed by atoms with van der Waals surface area (Å²) in [6, 6.07) is 11.8. The molecule has 2 fully saturated rings. The quantitative estimate of drug-likeness (QED) is 0.533. The summed E-state index contributed by atoms with van der Waals surface area (Å²) in [5.41, 5.74) is 4.19. The molecule has 2 aliphatic rings. The van der Waals surface area contributed by atoms with E-state index in [1.807, 2.05) is 43.3 Å². The Bertz CT molecular complexity index is 1130. The maximum Gasteiger partial charge on any atom is 0.345 e. The van der Waals surface area contributed by atoms with Crippen LogP contribution in [-0.4, -0.2) is 45.2 Å². The monoisotopic (exact) mass is 431 g/mol. The lowest BCUT2D eigenvalue weighted by Crippen LogP contribution is -2.31. The van der Waals surface area contributed by atoms with E-state index < -0.39 is 0 Å². The first-order chi connectivity index (χ1) is 15.7. The van der Waals surface area contributed by atoms with Gasteiger partial charge >= 0.3 is 6.03 Å². The standard InChI is InChI=1S/C23H25N7O2/c1-15-5-6-17(28-23(31)30-10-3-11-32-30)12-19(15)29-22-18(4-2-9-24-22)20-13-21(26-14-25-20)27-16-7-8-16/h2,4-6,9,12-14,16H,3,7-8,10-11H2,1H3,(H,24,29)(H,28,31)(H,25,26,27). The summed E-state index contributed by atoms with van der Waals surface area (Å²) in [6.45, 7) is 3.16. The van der Waals surface area contributed by atoms with Crippen molar-refractivity contribution in [2.24, 2.45) is 0 Å². The second-order valence-corrected chi connectivity index (χ2v) is 7.98. The molecule has 1 aliphatic heterocycles. The molecule has 3 aromatic rings. The molecule has 0 atom stereocenters. The van der Waals surface area contributed by atoms with Gasteiger partial charge in [-0.1, -0.05) is 6.07 Å². The van der Waals surface area contributed by atoms with E-state index in [2.05, 4.69) is 30.9 Å². The lowest BCUT2D eigenvalue weighted by atomic mass is 10.1. The first-order valence-corrected chi connectivity index (χ1v) is 10.8. The smallest absolute Gasteiger partial charge is 0.345 e. The van der Waals surface area contributed by atoms with Crippen molar-refractivity contribution in [2.75, 3.05) is 29.1 Å². The van der Waals surface area contributed by atoms with Gasteiger partial charge in [-0.3, -0.25) is 4.84 Å². The van der Waals surface area contributed by atoms with E-state index in [4.69, 9.17) is 4.84 Å². The predicted molar refractivity (Wildman–Crippen MR) is 123 cm³/mol. The van der Waals surface area contributed by atoms with Gasteiger partial charge in [0.15, 0.2) is 0 Å². The van der Waals surface area contributed by atoms with Gasteiger partial charge < -0.3 is 16.0 Å². The first-order valence-electron chi connectivity index (χ1n) is 10.8. The average molecular weight is 432 g/mol. The zero-order valence-corrected chi connectivity index (χ0v) is 17.8. The van der Waals surface area contributed by atoms with Crippen molar-refractivity contribution in [2.45, 2.75) is 32.2 Å². The Kier molecular flexibility index (Phi) is 5.55.